The SMILES string of the molecule is C=CCn1c(=O)c(C(=O)N/N=C\c2cccnc2)c(O)c2ccccc21. The molecule has 1 amide bonds. The molecular weight excluding hydrogens is 332 g/mol. The molecule has 7 heteroatoms. The summed E-state index contributed by atoms with van der Waals surface area (Å²) >= 11 is 0. The zero-order valence-electron chi connectivity index (χ0n) is 13.8. The fourth-order valence-corrected chi connectivity index (χ4v) is 2.58. The summed E-state index contributed by atoms with van der Waals surface area (Å²) < 4.78 is 1.38. The Kier molecular flexibility index (Phi) is 4.89. The van der Waals surface area contributed by atoms with Crippen LogP contribution in [0, 0.1) is 0 Å². The summed E-state index contributed by atoms with van der Waals surface area (Å²) in [6, 6.07) is 10.3. The van der Waals surface area contributed by atoms with Gasteiger partial charge in [-0.2, -0.15) is 5.10 Å². The Morgan fingerprint density at radius 3 is 2.85 bits per heavy atom. The van der Waals surface area contributed by atoms with Gasteiger partial charge in [0.2, 0.25) is 0 Å². The van der Waals surface area contributed by atoms with Gasteiger partial charge in [0.15, 0.2) is 0 Å². The molecule has 26 heavy (non-hydrogen) atoms. The van der Waals surface area contributed by atoms with Crippen LogP contribution in [0.3, 0.4) is 0 Å². The molecule has 0 aliphatic carbocycles. The van der Waals surface area contributed by atoms with Crippen molar-refractivity contribution >= 4 is 23.0 Å². The van der Waals surface area contributed by atoms with Crippen molar-refractivity contribution in [2.24, 2.45) is 5.10 Å². The Morgan fingerprint density at radius 2 is 2.12 bits per heavy atom. The maximum absolute atomic E-state index is 12.7. The summed E-state index contributed by atoms with van der Waals surface area (Å²) in [5, 5.41) is 14.7. The number of fused-ring (bicyclic) bond motifs is 1. The van der Waals surface area contributed by atoms with Gasteiger partial charge in [-0.05, 0) is 18.2 Å². The zero-order chi connectivity index (χ0) is 18.5. The molecule has 0 spiro atoms. The van der Waals surface area contributed by atoms with Crippen LogP contribution in [0.25, 0.3) is 10.9 Å². The van der Waals surface area contributed by atoms with Crippen molar-refractivity contribution in [2.45, 2.75) is 6.54 Å². The van der Waals surface area contributed by atoms with Crippen molar-refractivity contribution in [3.05, 3.63) is 82.9 Å². The molecule has 2 heterocycles. The van der Waals surface area contributed by atoms with E-state index in [0.29, 0.717) is 16.5 Å². The highest BCUT2D eigenvalue weighted by molar-refractivity contribution is 6.02. The molecule has 0 atom stereocenters. The molecule has 1 aromatic carbocycles. The summed E-state index contributed by atoms with van der Waals surface area (Å²) in [6.07, 6.45) is 6.13. The number of para-hydroxylation sites is 1. The van der Waals surface area contributed by atoms with Gasteiger partial charge < -0.3 is 9.67 Å². The van der Waals surface area contributed by atoms with Crippen LogP contribution in [0.4, 0.5) is 0 Å². The lowest BCUT2D eigenvalue weighted by Crippen LogP contribution is -2.31. The molecule has 2 aromatic heterocycles. The minimum Gasteiger partial charge on any atom is -0.506 e. The Morgan fingerprint density at radius 1 is 1.31 bits per heavy atom. The van der Waals surface area contributed by atoms with Gasteiger partial charge in [-0.3, -0.25) is 14.6 Å². The molecule has 0 unspecified atom stereocenters. The number of aromatic hydroxyl groups is 1. The number of carbonyl (C=O) groups is 1. The lowest BCUT2D eigenvalue weighted by Gasteiger charge is -2.12. The second-order valence-corrected chi connectivity index (χ2v) is 5.43. The van der Waals surface area contributed by atoms with Crippen molar-refractivity contribution in [1.29, 1.82) is 0 Å². The number of hydrazone groups is 1. The monoisotopic (exact) mass is 348 g/mol. The highest BCUT2D eigenvalue weighted by Crippen LogP contribution is 2.26. The van der Waals surface area contributed by atoms with E-state index < -0.39 is 11.5 Å². The van der Waals surface area contributed by atoms with E-state index in [4.69, 9.17) is 0 Å². The molecular formula is C19H16N4O3. The molecule has 0 aliphatic rings. The highest BCUT2D eigenvalue weighted by atomic mass is 16.3. The van der Waals surface area contributed by atoms with Gasteiger partial charge in [-0.1, -0.05) is 24.3 Å². The van der Waals surface area contributed by atoms with Crippen molar-refractivity contribution in [3.63, 3.8) is 0 Å². The Hall–Kier alpha value is -3.74. The first kappa shape index (κ1) is 17.1. The largest absolute Gasteiger partial charge is 0.506 e. The van der Waals surface area contributed by atoms with E-state index in [-0.39, 0.29) is 17.9 Å². The molecule has 3 aromatic rings. The van der Waals surface area contributed by atoms with Gasteiger partial charge in [0.25, 0.3) is 11.5 Å². The van der Waals surface area contributed by atoms with Crippen LogP contribution in [-0.2, 0) is 6.54 Å². The molecule has 0 radical (unpaired) electrons. The number of nitrogens with one attached hydrogen (secondary N) is 1. The van der Waals surface area contributed by atoms with Gasteiger partial charge >= 0.3 is 0 Å². The second kappa shape index (κ2) is 7.43. The predicted molar refractivity (Wildman–Crippen MR) is 99.4 cm³/mol. The number of hydrogen-bond acceptors (Lipinski definition) is 5. The van der Waals surface area contributed by atoms with Crippen molar-refractivity contribution < 1.29 is 9.90 Å². The van der Waals surface area contributed by atoms with E-state index in [1.807, 2.05) is 0 Å². The number of benzene rings is 1. The molecule has 3 rings (SSSR count). The van der Waals surface area contributed by atoms with Crippen LogP contribution in [0.2, 0.25) is 0 Å². The zero-order valence-corrected chi connectivity index (χ0v) is 13.8. The number of carbonyl (C=O) groups excluding carboxylic acids is 1. The standard InChI is InChI=1S/C19H16N4O3/c1-2-10-23-15-8-4-3-7-14(15)17(24)16(19(23)26)18(25)22-21-12-13-6-5-9-20-11-13/h2-9,11-12,24H,1,10H2,(H,22,25)/b21-12-. The summed E-state index contributed by atoms with van der Waals surface area (Å²) in [5.74, 6) is -1.17. The second-order valence-electron chi connectivity index (χ2n) is 5.43. The third-order valence-electron chi connectivity index (χ3n) is 3.75. The molecule has 7 nitrogen and oxygen atoms in total. The first-order valence-corrected chi connectivity index (χ1v) is 7.82. The Labute approximate surface area is 148 Å². The van der Waals surface area contributed by atoms with Gasteiger partial charge in [0, 0.05) is 29.9 Å². The third kappa shape index (κ3) is 3.23. The number of aromatic nitrogens is 2. The highest BCUT2D eigenvalue weighted by Gasteiger charge is 2.21. The Bertz CT molecular complexity index is 1060. The minimum atomic E-state index is -0.795. The fourth-order valence-electron chi connectivity index (χ4n) is 2.58. The summed E-state index contributed by atoms with van der Waals surface area (Å²) in [7, 11) is 0. The van der Waals surface area contributed by atoms with E-state index in [1.165, 1.54) is 10.8 Å². The van der Waals surface area contributed by atoms with Gasteiger partial charge in [0.05, 0.1) is 11.7 Å². The summed E-state index contributed by atoms with van der Waals surface area (Å²) in [5.41, 5.74) is 2.48. The first-order valence-electron chi connectivity index (χ1n) is 7.82. The molecule has 2 N–H and O–H groups in total. The van der Waals surface area contributed by atoms with Crippen LogP contribution >= 0.6 is 0 Å². The minimum absolute atomic E-state index is 0.207. The average molecular weight is 348 g/mol. The van der Waals surface area contributed by atoms with E-state index in [0.717, 1.165) is 0 Å². The van der Waals surface area contributed by atoms with Crippen molar-refractivity contribution in [1.82, 2.24) is 15.0 Å². The molecule has 0 aliphatic heterocycles. The van der Waals surface area contributed by atoms with Crippen molar-refractivity contribution in [2.75, 3.05) is 0 Å². The van der Waals surface area contributed by atoms with Crippen LogP contribution in [0.15, 0.2) is 71.3 Å². The van der Waals surface area contributed by atoms with E-state index in [2.05, 4.69) is 22.1 Å². The molecule has 130 valence electrons. The Balaban J connectivity index is 2.01. The predicted octanol–water partition coefficient (Wildman–Crippen LogP) is 2.05. The smallest absolute Gasteiger partial charge is 0.280 e. The number of pyridine rings is 2. The lowest BCUT2D eigenvalue weighted by atomic mass is 10.1. The van der Waals surface area contributed by atoms with Crippen LogP contribution < -0.4 is 11.0 Å². The molecule has 0 saturated carbocycles. The van der Waals surface area contributed by atoms with Gasteiger partial charge in [0.1, 0.15) is 11.3 Å². The van der Waals surface area contributed by atoms with Crippen LogP contribution in [-0.4, -0.2) is 26.8 Å². The third-order valence-corrected chi connectivity index (χ3v) is 3.75. The van der Waals surface area contributed by atoms with Gasteiger partial charge in [-0.25, -0.2) is 5.43 Å². The van der Waals surface area contributed by atoms with E-state index in [1.54, 1.807) is 54.9 Å². The maximum Gasteiger partial charge on any atom is 0.280 e. The number of allylic oxidation sites excluding steroid dienone is 1. The van der Waals surface area contributed by atoms with Crippen molar-refractivity contribution in [3.8, 4) is 5.75 Å². The number of hydrogen-bond donors (Lipinski definition) is 2. The van der Waals surface area contributed by atoms with E-state index >= 15 is 0 Å². The summed E-state index contributed by atoms with van der Waals surface area (Å²) in [4.78, 5) is 29.1. The summed E-state index contributed by atoms with van der Waals surface area (Å²) in [6.45, 7) is 3.84. The number of rotatable bonds is 5. The number of amides is 1. The quantitative estimate of drug-likeness (QED) is 0.419. The maximum atomic E-state index is 12.7. The van der Waals surface area contributed by atoms with Crippen LogP contribution in [0.1, 0.15) is 15.9 Å². The van der Waals surface area contributed by atoms with E-state index in [9.17, 15) is 14.7 Å². The topological polar surface area (TPSA) is 96.6 Å². The first-order chi connectivity index (χ1) is 12.6. The average Bonchev–Trinajstić information content (AvgIpc) is 2.66. The fraction of sp³-hybridized carbons (Fsp3) is 0.0526. The van der Waals surface area contributed by atoms with Crippen LogP contribution in [0.5, 0.6) is 5.75 Å². The number of nitrogens with zero attached hydrogens (tertiary/aromatic N) is 3. The molecule has 0 saturated heterocycles. The lowest BCUT2D eigenvalue weighted by molar-refractivity contribution is 0.0950. The molecule has 0 fully saturated rings. The normalized spacial score (nSPS) is 10.9. The van der Waals surface area contributed by atoms with Gasteiger partial charge in [-0.15, -0.1) is 6.58 Å². The molecule has 0 bridgehead atoms.